The van der Waals surface area contributed by atoms with Gasteiger partial charge < -0.3 is 24.2 Å². The number of hydrogen-bond acceptors (Lipinski definition) is 3. The van der Waals surface area contributed by atoms with E-state index in [1.807, 2.05) is 30.3 Å². The number of ether oxygens (including phenoxy) is 2. The quantitative estimate of drug-likeness (QED) is 0.533. The first-order chi connectivity index (χ1) is 7.45. The Morgan fingerprint density at radius 1 is 1.31 bits per heavy atom. The van der Waals surface area contributed by atoms with E-state index in [-0.39, 0.29) is 0 Å². The van der Waals surface area contributed by atoms with Gasteiger partial charge in [0.25, 0.3) is 0 Å². The van der Waals surface area contributed by atoms with Crippen molar-refractivity contribution in [3.63, 3.8) is 0 Å². The van der Waals surface area contributed by atoms with E-state index in [9.17, 15) is 0 Å². The Bertz CT molecular complexity index is 336. The third-order valence-corrected chi connectivity index (χ3v) is 1.58. The molecule has 1 heterocycles. The van der Waals surface area contributed by atoms with Gasteiger partial charge in [-0.15, -0.1) is 0 Å². The summed E-state index contributed by atoms with van der Waals surface area (Å²) >= 11 is 0. The third-order valence-electron chi connectivity index (χ3n) is 1.58. The van der Waals surface area contributed by atoms with Crippen molar-refractivity contribution in [3.05, 3.63) is 30.3 Å². The maximum Gasteiger partial charge on any atom is 0.466 e. The highest BCUT2D eigenvalue weighted by atomic mass is 31.2. The van der Waals surface area contributed by atoms with E-state index in [1.165, 1.54) is 0 Å². The van der Waals surface area contributed by atoms with Gasteiger partial charge in [-0.1, -0.05) is 18.2 Å². The molecule has 1 saturated heterocycles. The Kier molecular flexibility index (Phi) is 4.92. The van der Waals surface area contributed by atoms with Gasteiger partial charge >= 0.3 is 7.82 Å². The minimum Gasteiger partial charge on any atom is -0.491 e. The van der Waals surface area contributed by atoms with Crippen molar-refractivity contribution in [2.45, 2.75) is 6.10 Å². The highest BCUT2D eigenvalue weighted by molar-refractivity contribution is 7.45. The van der Waals surface area contributed by atoms with Gasteiger partial charge in [0.2, 0.25) is 0 Å². The van der Waals surface area contributed by atoms with Crippen LogP contribution in [0.25, 0.3) is 0 Å². The summed E-state index contributed by atoms with van der Waals surface area (Å²) in [6, 6.07) is 9.79. The minimum absolute atomic E-state index is 0.343. The summed E-state index contributed by atoms with van der Waals surface area (Å²) in [6.07, 6.45) is 0.343. The molecule has 0 spiro atoms. The monoisotopic (exact) mass is 248 g/mol. The van der Waals surface area contributed by atoms with Gasteiger partial charge in [0, 0.05) is 0 Å². The zero-order valence-corrected chi connectivity index (χ0v) is 9.29. The van der Waals surface area contributed by atoms with Crippen molar-refractivity contribution in [2.24, 2.45) is 0 Å². The van der Waals surface area contributed by atoms with Gasteiger partial charge in [0.05, 0.1) is 6.61 Å². The second kappa shape index (κ2) is 5.98. The van der Waals surface area contributed by atoms with Crippen molar-refractivity contribution in [1.29, 1.82) is 0 Å². The zero-order chi connectivity index (χ0) is 12.0. The maximum absolute atomic E-state index is 8.88. The number of hydrogen-bond donors (Lipinski definition) is 3. The molecule has 16 heavy (non-hydrogen) atoms. The molecule has 0 aliphatic carbocycles. The van der Waals surface area contributed by atoms with Crippen molar-refractivity contribution >= 4 is 7.82 Å². The fourth-order valence-electron chi connectivity index (χ4n) is 0.870. The van der Waals surface area contributed by atoms with Crippen LogP contribution in [0.3, 0.4) is 0 Å². The van der Waals surface area contributed by atoms with Gasteiger partial charge in [-0.3, -0.25) is 0 Å². The first-order valence-electron chi connectivity index (χ1n) is 4.53. The van der Waals surface area contributed by atoms with Crippen LogP contribution in [0.15, 0.2) is 30.3 Å². The van der Waals surface area contributed by atoms with Crippen molar-refractivity contribution in [2.75, 3.05) is 13.2 Å². The van der Waals surface area contributed by atoms with Crippen LogP contribution in [-0.2, 0) is 9.30 Å². The zero-order valence-electron chi connectivity index (χ0n) is 8.39. The van der Waals surface area contributed by atoms with Gasteiger partial charge in [-0.2, -0.15) is 0 Å². The second-order valence-electron chi connectivity index (χ2n) is 3.09. The molecule has 0 saturated carbocycles. The fourth-order valence-corrected chi connectivity index (χ4v) is 0.870. The second-order valence-corrected chi connectivity index (χ2v) is 4.12. The average molecular weight is 248 g/mol. The van der Waals surface area contributed by atoms with E-state index in [1.54, 1.807) is 0 Å². The van der Waals surface area contributed by atoms with E-state index in [0.29, 0.717) is 12.7 Å². The molecule has 0 amide bonds. The summed E-state index contributed by atoms with van der Waals surface area (Å²) in [5.74, 6) is 0.919. The van der Waals surface area contributed by atoms with Crippen LogP contribution in [0.5, 0.6) is 5.75 Å². The average Bonchev–Trinajstić information content (AvgIpc) is 2.97. The normalized spacial score (nSPS) is 18.3. The molecule has 6 nitrogen and oxygen atoms in total. The molecule has 1 atom stereocenters. The van der Waals surface area contributed by atoms with Gasteiger partial charge in [-0.25, -0.2) is 4.57 Å². The number of phosphoric acid groups is 1. The summed E-state index contributed by atoms with van der Waals surface area (Å²) in [6.45, 7) is 1.54. The van der Waals surface area contributed by atoms with E-state index in [4.69, 9.17) is 28.7 Å². The highest BCUT2D eigenvalue weighted by Gasteiger charge is 2.22. The molecule has 0 radical (unpaired) electrons. The van der Waals surface area contributed by atoms with Crippen LogP contribution in [0.4, 0.5) is 0 Å². The number of para-hydroxylation sites is 1. The highest BCUT2D eigenvalue weighted by Crippen LogP contribution is 2.25. The molecule has 1 aliphatic rings. The van der Waals surface area contributed by atoms with E-state index in [0.717, 1.165) is 12.4 Å². The lowest BCUT2D eigenvalue weighted by Crippen LogP contribution is -2.03. The molecule has 1 aromatic carbocycles. The third kappa shape index (κ3) is 8.40. The molecule has 7 heteroatoms. The van der Waals surface area contributed by atoms with Crippen LogP contribution >= 0.6 is 7.82 Å². The number of benzene rings is 1. The molecule has 0 bridgehead atoms. The number of rotatable bonds is 3. The molecule has 90 valence electrons. The van der Waals surface area contributed by atoms with Crippen LogP contribution < -0.4 is 4.74 Å². The van der Waals surface area contributed by atoms with Crippen LogP contribution in [0, 0.1) is 0 Å². The topological polar surface area (TPSA) is 99.5 Å². The molecular formula is C9H13O6P. The Morgan fingerprint density at radius 3 is 2.25 bits per heavy atom. The Labute approximate surface area is 92.7 Å². The minimum atomic E-state index is -4.64. The SMILES string of the molecule is O=P(O)(O)O.c1ccc(OCC2CO2)cc1. The van der Waals surface area contributed by atoms with Crippen molar-refractivity contribution in [1.82, 2.24) is 0 Å². The smallest absolute Gasteiger partial charge is 0.466 e. The Balaban J connectivity index is 0.000000221. The predicted molar refractivity (Wildman–Crippen MR) is 55.9 cm³/mol. The van der Waals surface area contributed by atoms with Crippen molar-refractivity contribution in [3.8, 4) is 5.75 Å². The van der Waals surface area contributed by atoms with Gasteiger partial charge in [0.15, 0.2) is 0 Å². The van der Waals surface area contributed by atoms with Crippen molar-refractivity contribution < 1.29 is 28.7 Å². The Morgan fingerprint density at radius 2 is 1.81 bits per heavy atom. The standard InChI is InChI=1S/C9H10O2.H3O4P/c1-2-4-8(5-3-1)10-6-9-7-11-9;1-5(2,3)4/h1-5,9H,6-7H2;(H3,1,2,3,4). The number of epoxide rings is 1. The summed E-state index contributed by atoms with van der Waals surface area (Å²) in [5.41, 5.74) is 0. The van der Waals surface area contributed by atoms with E-state index >= 15 is 0 Å². The fraction of sp³-hybridized carbons (Fsp3) is 0.333. The lowest BCUT2D eigenvalue weighted by atomic mass is 10.3. The van der Waals surface area contributed by atoms with E-state index < -0.39 is 7.82 Å². The summed E-state index contributed by atoms with van der Waals surface area (Å²) in [4.78, 5) is 21.6. The van der Waals surface area contributed by atoms with Crippen LogP contribution in [0.2, 0.25) is 0 Å². The van der Waals surface area contributed by atoms with Gasteiger partial charge in [-0.05, 0) is 12.1 Å². The Hall–Kier alpha value is -0.910. The summed E-state index contributed by atoms with van der Waals surface area (Å²) in [5, 5.41) is 0. The maximum atomic E-state index is 8.88. The molecule has 1 aromatic rings. The molecule has 1 fully saturated rings. The first kappa shape index (κ1) is 13.2. The largest absolute Gasteiger partial charge is 0.491 e. The molecule has 3 N–H and O–H groups in total. The molecule has 1 unspecified atom stereocenters. The molecule has 1 aliphatic heterocycles. The van der Waals surface area contributed by atoms with Gasteiger partial charge in [0.1, 0.15) is 18.5 Å². The predicted octanol–water partition coefficient (Wildman–Crippen LogP) is 0.536. The van der Waals surface area contributed by atoms with Crippen LogP contribution in [-0.4, -0.2) is 34.0 Å². The molecule has 2 rings (SSSR count). The van der Waals surface area contributed by atoms with E-state index in [2.05, 4.69) is 0 Å². The van der Waals surface area contributed by atoms with Crippen LogP contribution in [0.1, 0.15) is 0 Å². The lowest BCUT2D eigenvalue weighted by molar-refractivity contribution is 0.263. The molecular weight excluding hydrogens is 235 g/mol. The summed E-state index contributed by atoms with van der Waals surface area (Å²) in [7, 11) is -4.64. The molecule has 0 aromatic heterocycles. The lowest BCUT2D eigenvalue weighted by Gasteiger charge is -2.01. The first-order valence-corrected chi connectivity index (χ1v) is 6.09. The summed E-state index contributed by atoms with van der Waals surface area (Å²) < 4.78 is 19.3.